The van der Waals surface area contributed by atoms with Gasteiger partial charge in [-0.3, -0.25) is 0 Å². The van der Waals surface area contributed by atoms with Crippen molar-refractivity contribution in [2.75, 3.05) is 13.7 Å². The predicted molar refractivity (Wildman–Crippen MR) is 73.9 cm³/mol. The second kappa shape index (κ2) is 6.72. The quantitative estimate of drug-likeness (QED) is 0.478. The average molecular weight is 304 g/mol. The van der Waals surface area contributed by atoms with E-state index in [4.69, 9.17) is 13.6 Å². The molecule has 0 fully saturated rings. The molecule has 1 aromatic rings. The molecule has 0 heterocycles. The van der Waals surface area contributed by atoms with Crippen molar-refractivity contribution in [1.82, 2.24) is 0 Å². The molecule has 0 aliphatic rings. The topological polar surface area (TPSA) is 99.4 Å². The van der Waals surface area contributed by atoms with Crippen LogP contribution in [0.5, 0.6) is 0 Å². The summed E-state index contributed by atoms with van der Waals surface area (Å²) in [6.07, 6.45) is -1.14. The Balaban J connectivity index is 2.85. The molecule has 3 unspecified atom stereocenters. The molecule has 0 saturated heterocycles. The van der Waals surface area contributed by atoms with Crippen molar-refractivity contribution < 1.29 is 28.3 Å². The minimum absolute atomic E-state index is 0.226. The molecule has 0 spiro atoms. The normalized spacial score (nSPS) is 19.5. The molecule has 0 aromatic heterocycles. The SMILES string of the molecule is CO[Si](O)(CC(O)CO)O[Si](C)(O)c1ccccc1. The zero-order valence-electron chi connectivity index (χ0n) is 11.0. The average Bonchev–Trinajstić information content (AvgIpc) is 2.39. The van der Waals surface area contributed by atoms with Gasteiger partial charge in [0.05, 0.1) is 12.7 Å². The molecule has 1 aromatic carbocycles. The molecule has 3 atom stereocenters. The van der Waals surface area contributed by atoms with E-state index in [-0.39, 0.29) is 6.04 Å². The summed E-state index contributed by atoms with van der Waals surface area (Å²) in [6.45, 7) is 1.02. The van der Waals surface area contributed by atoms with Crippen LogP contribution in [0.4, 0.5) is 0 Å². The van der Waals surface area contributed by atoms with Gasteiger partial charge in [-0.25, -0.2) is 0 Å². The van der Waals surface area contributed by atoms with Gasteiger partial charge in [0.15, 0.2) is 0 Å². The Kier molecular flexibility index (Phi) is 5.83. The van der Waals surface area contributed by atoms with Gasteiger partial charge in [-0.2, -0.15) is 0 Å². The van der Waals surface area contributed by atoms with Gasteiger partial charge in [-0.05, 0) is 11.7 Å². The third-order valence-electron chi connectivity index (χ3n) is 2.69. The van der Waals surface area contributed by atoms with Gasteiger partial charge >= 0.3 is 17.4 Å². The van der Waals surface area contributed by atoms with Crippen molar-refractivity contribution in [2.24, 2.45) is 0 Å². The monoisotopic (exact) mass is 304 g/mol. The first-order valence-corrected chi connectivity index (χ1v) is 10.2. The van der Waals surface area contributed by atoms with Gasteiger partial charge in [0.25, 0.3) is 0 Å². The lowest BCUT2D eigenvalue weighted by molar-refractivity contribution is 0.0851. The zero-order chi connectivity index (χ0) is 14.5. The summed E-state index contributed by atoms with van der Waals surface area (Å²) in [4.78, 5) is 20.6. The van der Waals surface area contributed by atoms with E-state index in [2.05, 4.69) is 0 Å². The Labute approximate surface area is 114 Å². The molecule has 4 N–H and O–H groups in total. The first-order chi connectivity index (χ1) is 8.83. The van der Waals surface area contributed by atoms with E-state index in [1.54, 1.807) is 24.3 Å². The molecule has 0 saturated carbocycles. The Morgan fingerprint density at radius 3 is 2.26 bits per heavy atom. The van der Waals surface area contributed by atoms with Gasteiger partial charge in [0.2, 0.25) is 0 Å². The molecule has 1 rings (SSSR count). The minimum Gasteiger partial charge on any atom is -0.408 e. The van der Waals surface area contributed by atoms with E-state index in [1.165, 1.54) is 13.7 Å². The third-order valence-corrected chi connectivity index (χ3v) is 8.59. The van der Waals surface area contributed by atoms with E-state index in [1.807, 2.05) is 6.07 Å². The van der Waals surface area contributed by atoms with Crippen LogP contribution in [0.25, 0.3) is 0 Å². The second-order valence-electron chi connectivity index (χ2n) is 4.41. The highest BCUT2D eigenvalue weighted by atomic mass is 28.5. The maximum absolute atomic E-state index is 10.4. The van der Waals surface area contributed by atoms with E-state index < -0.39 is 30.1 Å². The number of rotatable bonds is 7. The fraction of sp³-hybridized carbons (Fsp3) is 0.455. The van der Waals surface area contributed by atoms with Crippen molar-refractivity contribution in [2.45, 2.75) is 18.7 Å². The Bertz CT molecular complexity index is 388. The summed E-state index contributed by atoms with van der Waals surface area (Å²) in [6, 6.07) is 8.52. The summed E-state index contributed by atoms with van der Waals surface area (Å²) >= 11 is 0. The number of aliphatic hydroxyl groups excluding tert-OH is 2. The molecule has 0 bridgehead atoms. The second-order valence-corrected chi connectivity index (χ2v) is 10.0. The number of hydrogen-bond acceptors (Lipinski definition) is 6. The van der Waals surface area contributed by atoms with Gasteiger partial charge in [-0.1, -0.05) is 30.3 Å². The molecular weight excluding hydrogens is 284 g/mol. The molecule has 0 amide bonds. The van der Waals surface area contributed by atoms with E-state index >= 15 is 0 Å². The third kappa shape index (κ3) is 4.78. The van der Waals surface area contributed by atoms with Crippen LogP contribution in [0.1, 0.15) is 0 Å². The van der Waals surface area contributed by atoms with Gasteiger partial charge < -0.3 is 28.3 Å². The molecule has 0 aliphatic carbocycles. The number of aliphatic hydroxyl groups is 2. The van der Waals surface area contributed by atoms with Crippen molar-refractivity contribution in [3.05, 3.63) is 30.3 Å². The van der Waals surface area contributed by atoms with Gasteiger partial charge in [0.1, 0.15) is 0 Å². The van der Waals surface area contributed by atoms with Crippen molar-refractivity contribution >= 4 is 22.6 Å². The molecule has 0 radical (unpaired) electrons. The fourth-order valence-corrected chi connectivity index (χ4v) is 6.97. The zero-order valence-corrected chi connectivity index (χ0v) is 13.0. The van der Waals surface area contributed by atoms with Gasteiger partial charge in [-0.15, -0.1) is 0 Å². The smallest absolute Gasteiger partial charge is 0.408 e. The molecule has 6 nitrogen and oxygen atoms in total. The Morgan fingerprint density at radius 1 is 1.21 bits per heavy atom. The summed E-state index contributed by atoms with van der Waals surface area (Å²) < 4.78 is 10.4. The van der Waals surface area contributed by atoms with Crippen LogP contribution in [0.15, 0.2) is 30.3 Å². The summed E-state index contributed by atoms with van der Waals surface area (Å²) in [5.41, 5.74) is 0. The maximum atomic E-state index is 10.4. The van der Waals surface area contributed by atoms with Crippen LogP contribution >= 0.6 is 0 Å². The predicted octanol–water partition coefficient (Wildman–Crippen LogP) is -1.09. The highest BCUT2D eigenvalue weighted by Crippen LogP contribution is 2.17. The molecule has 19 heavy (non-hydrogen) atoms. The number of hydrogen-bond donors (Lipinski definition) is 4. The van der Waals surface area contributed by atoms with E-state index in [9.17, 15) is 14.7 Å². The molecule has 0 aliphatic heterocycles. The van der Waals surface area contributed by atoms with Crippen molar-refractivity contribution in [3.8, 4) is 0 Å². The lowest BCUT2D eigenvalue weighted by Gasteiger charge is -2.31. The van der Waals surface area contributed by atoms with Crippen molar-refractivity contribution in [1.29, 1.82) is 0 Å². The lowest BCUT2D eigenvalue weighted by Crippen LogP contribution is -2.59. The lowest BCUT2D eigenvalue weighted by atomic mass is 10.4. The molecule has 8 heteroatoms. The summed E-state index contributed by atoms with van der Waals surface area (Å²) in [5, 5.41) is 18.8. The van der Waals surface area contributed by atoms with Crippen LogP contribution in [-0.4, -0.2) is 57.0 Å². The van der Waals surface area contributed by atoms with Crippen LogP contribution in [0.2, 0.25) is 12.6 Å². The molecular formula is C11H20O6Si2. The Hall–Kier alpha value is -0.586. The standard InChI is InChI=1S/C11H20O6Si2/c1-16-19(15,9-10(13)8-12)17-18(2,14)11-6-4-3-5-7-11/h3-7,10,12-15H,8-9H2,1-2H3. The van der Waals surface area contributed by atoms with Crippen LogP contribution in [0, 0.1) is 0 Å². The number of benzene rings is 1. The highest BCUT2D eigenvalue weighted by Gasteiger charge is 2.46. The summed E-state index contributed by atoms with van der Waals surface area (Å²) in [5.74, 6) is 0. The maximum Gasteiger partial charge on any atom is 0.492 e. The molecule has 108 valence electrons. The fourth-order valence-electron chi connectivity index (χ4n) is 1.65. The first kappa shape index (κ1) is 16.5. The van der Waals surface area contributed by atoms with Crippen LogP contribution < -0.4 is 5.19 Å². The first-order valence-electron chi connectivity index (χ1n) is 5.87. The highest BCUT2D eigenvalue weighted by molar-refractivity contribution is 6.85. The Morgan fingerprint density at radius 2 is 1.79 bits per heavy atom. The van der Waals surface area contributed by atoms with Crippen molar-refractivity contribution in [3.63, 3.8) is 0 Å². The summed E-state index contributed by atoms with van der Waals surface area (Å²) in [7, 11) is -5.79. The van der Waals surface area contributed by atoms with Gasteiger partial charge in [0, 0.05) is 13.2 Å². The minimum atomic E-state index is -3.72. The largest absolute Gasteiger partial charge is 0.492 e. The van der Waals surface area contributed by atoms with E-state index in [0.717, 1.165) is 0 Å². The van der Waals surface area contributed by atoms with Crippen LogP contribution in [-0.2, 0) is 8.54 Å². The van der Waals surface area contributed by atoms with E-state index in [0.29, 0.717) is 5.19 Å². The van der Waals surface area contributed by atoms with Crippen LogP contribution in [0.3, 0.4) is 0 Å².